The topological polar surface area (TPSA) is 116 Å². The first kappa shape index (κ1) is 13.8. The van der Waals surface area contributed by atoms with Crippen LogP contribution in [-0.2, 0) is 4.79 Å². The highest BCUT2D eigenvalue weighted by Gasteiger charge is 2.33. The highest BCUT2D eigenvalue weighted by atomic mass is 16.6. The third-order valence-electron chi connectivity index (χ3n) is 3.07. The van der Waals surface area contributed by atoms with Crippen LogP contribution >= 0.6 is 0 Å². The quantitative estimate of drug-likeness (QED) is 0.655. The third-order valence-corrected chi connectivity index (χ3v) is 3.07. The standard InChI is InChI=1S/C12H13N3O5/c13-11(16)10-2-1-7-14(10)12(17)20-9-5-3-8(4-6-9)15(18)19/h3-6,10H,1-2,7H2,(H2,13,16). The van der Waals surface area contributed by atoms with Gasteiger partial charge < -0.3 is 10.5 Å². The third kappa shape index (κ3) is 2.85. The molecule has 1 fully saturated rings. The van der Waals surface area contributed by atoms with Crippen LogP contribution in [0.2, 0.25) is 0 Å². The number of likely N-dealkylation sites (tertiary alicyclic amines) is 1. The Kier molecular flexibility index (Phi) is 3.83. The molecule has 0 aromatic heterocycles. The molecule has 0 spiro atoms. The van der Waals surface area contributed by atoms with Crippen LogP contribution in [0, 0.1) is 10.1 Å². The molecule has 2 amide bonds. The summed E-state index contributed by atoms with van der Waals surface area (Å²) in [5.74, 6) is -0.390. The summed E-state index contributed by atoms with van der Waals surface area (Å²) in [4.78, 5) is 34.3. The lowest BCUT2D eigenvalue weighted by atomic mass is 10.2. The summed E-state index contributed by atoms with van der Waals surface area (Å²) < 4.78 is 5.07. The lowest BCUT2D eigenvalue weighted by Crippen LogP contribution is -2.44. The SMILES string of the molecule is NC(=O)C1CCCN1C(=O)Oc1ccc([N+](=O)[O-])cc1. The fourth-order valence-electron chi connectivity index (χ4n) is 2.08. The van der Waals surface area contributed by atoms with E-state index in [9.17, 15) is 19.7 Å². The second-order valence-corrected chi connectivity index (χ2v) is 4.37. The lowest BCUT2D eigenvalue weighted by molar-refractivity contribution is -0.384. The molecule has 20 heavy (non-hydrogen) atoms. The number of primary amides is 1. The van der Waals surface area contributed by atoms with Crippen molar-refractivity contribution in [3.05, 3.63) is 34.4 Å². The fraction of sp³-hybridized carbons (Fsp3) is 0.333. The Labute approximate surface area is 114 Å². The molecule has 2 rings (SSSR count). The average molecular weight is 279 g/mol. The van der Waals surface area contributed by atoms with E-state index in [1.54, 1.807) is 0 Å². The van der Waals surface area contributed by atoms with Crippen molar-refractivity contribution in [3.63, 3.8) is 0 Å². The number of amides is 2. The van der Waals surface area contributed by atoms with Crippen molar-refractivity contribution in [2.24, 2.45) is 5.73 Å². The van der Waals surface area contributed by atoms with Gasteiger partial charge in [0.05, 0.1) is 4.92 Å². The van der Waals surface area contributed by atoms with Gasteiger partial charge in [-0.15, -0.1) is 0 Å². The van der Waals surface area contributed by atoms with Gasteiger partial charge in [-0.05, 0) is 25.0 Å². The molecule has 106 valence electrons. The largest absolute Gasteiger partial charge is 0.415 e. The fourth-order valence-corrected chi connectivity index (χ4v) is 2.08. The van der Waals surface area contributed by atoms with Crippen molar-refractivity contribution in [2.45, 2.75) is 18.9 Å². The molecule has 1 atom stereocenters. The normalized spacial score (nSPS) is 17.8. The van der Waals surface area contributed by atoms with E-state index < -0.39 is 23.0 Å². The number of nitrogens with zero attached hydrogens (tertiary/aromatic N) is 2. The zero-order valence-electron chi connectivity index (χ0n) is 10.5. The van der Waals surface area contributed by atoms with E-state index in [2.05, 4.69) is 0 Å². The predicted octanol–water partition coefficient (Wildman–Crippen LogP) is 1.04. The average Bonchev–Trinajstić information content (AvgIpc) is 2.88. The molecule has 1 aliphatic rings. The number of rotatable bonds is 3. The Balaban J connectivity index is 2.04. The van der Waals surface area contributed by atoms with Gasteiger partial charge in [-0.3, -0.25) is 19.8 Å². The number of nitrogens with two attached hydrogens (primary N) is 1. The molecular formula is C12H13N3O5. The summed E-state index contributed by atoms with van der Waals surface area (Å²) in [6, 6.07) is 4.47. The molecule has 1 unspecified atom stereocenters. The molecule has 1 aromatic rings. The van der Waals surface area contributed by atoms with Gasteiger partial charge >= 0.3 is 6.09 Å². The second kappa shape index (κ2) is 5.55. The number of non-ortho nitro benzene ring substituents is 1. The maximum Gasteiger partial charge on any atom is 0.415 e. The monoisotopic (exact) mass is 279 g/mol. The Morgan fingerprint density at radius 3 is 2.55 bits per heavy atom. The molecule has 0 saturated carbocycles. The van der Waals surface area contributed by atoms with Crippen molar-refractivity contribution in [1.82, 2.24) is 4.90 Å². The maximum atomic E-state index is 11.9. The van der Waals surface area contributed by atoms with E-state index in [0.29, 0.717) is 19.4 Å². The van der Waals surface area contributed by atoms with Crippen LogP contribution in [0.5, 0.6) is 5.75 Å². The van der Waals surface area contributed by atoms with E-state index in [1.165, 1.54) is 29.2 Å². The minimum atomic E-state index is -0.680. The van der Waals surface area contributed by atoms with Gasteiger partial charge in [-0.1, -0.05) is 0 Å². The number of carbonyl (C=O) groups is 2. The minimum Gasteiger partial charge on any atom is -0.410 e. The van der Waals surface area contributed by atoms with Crippen LogP contribution < -0.4 is 10.5 Å². The van der Waals surface area contributed by atoms with E-state index >= 15 is 0 Å². The Morgan fingerprint density at radius 2 is 2.00 bits per heavy atom. The molecular weight excluding hydrogens is 266 g/mol. The van der Waals surface area contributed by atoms with Crippen molar-refractivity contribution in [2.75, 3.05) is 6.54 Å². The van der Waals surface area contributed by atoms with Crippen LogP contribution in [0.3, 0.4) is 0 Å². The van der Waals surface area contributed by atoms with E-state index in [4.69, 9.17) is 10.5 Å². The summed E-state index contributed by atoms with van der Waals surface area (Å²) >= 11 is 0. The van der Waals surface area contributed by atoms with E-state index in [-0.39, 0.29) is 11.4 Å². The van der Waals surface area contributed by atoms with Gasteiger partial charge in [0.15, 0.2) is 0 Å². The van der Waals surface area contributed by atoms with Gasteiger partial charge in [-0.2, -0.15) is 0 Å². The molecule has 1 aliphatic heterocycles. The number of nitro benzene ring substituents is 1. The summed E-state index contributed by atoms with van der Waals surface area (Å²) in [6.45, 7) is 0.402. The van der Waals surface area contributed by atoms with Crippen molar-refractivity contribution in [1.29, 1.82) is 0 Å². The molecule has 8 heteroatoms. The molecule has 2 N–H and O–H groups in total. The van der Waals surface area contributed by atoms with Gasteiger partial charge in [0.2, 0.25) is 5.91 Å². The molecule has 8 nitrogen and oxygen atoms in total. The summed E-state index contributed by atoms with van der Waals surface area (Å²) in [5.41, 5.74) is 5.11. The number of ether oxygens (including phenoxy) is 1. The first-order valence-electron chi connectivity index (χ1n) is 6.01. The van der Waals surface area contributed by atoms with Crippen LogP contribution in [-0.4, -0.2) is 34.4 Å². The number of benzene rings is 1. The zero-order valence-corrected chi connectivity index (χ0v) is 10.5. The Hall–Kier alpha value is -2.64. The van der Waals surface area contributed by atoms with Crippen molar-refractivity contribution in [3.8, 4) is 5.75 Å². The summed E-state index contributed by atoms with van der Waals surface area (Å²) in [7, 11) is 0. The van der Waals surface area contributed by atoms with Gasteiger partial charge in [0.25, 0.3) is 5.69 Å². The molecule has 0 bridgehead atoms. The van der Waals surface area contributed by atoms with Gasteiger partial charge in [0, 0.05) is 18.7 Å². The van der Waals surface area contributed by atoms with Crippen molar-refractivity contribution < 1.29 is 19.2 Å². The summed E-state index contributed by atoms with van der Waals surface area (Å²) in [6.07, 6.45) is 0.522. The number of carbonyl (C=O) groups excluding carboxylic acids is 2. The number of hydrogen-bond acceptors (Lipinski definition) is 5. The van der Waals surface area contributed by atoms with Crippen LogP contribution in [0.4, 0.5) is 10.5 Å². The molecule has 1 heterocycles. The number of hydrogen-bond donors (Lipinski definition) is 1. The summed E-state index contributed by atoms with van der Waals surface area (Å²) in [5, 5.41) is 10.5. The van der Waals surface area contributed by atoms with E-state index in [1.807, 2.05) is 0 Å². The van der Waals surface area contributed by atoms with E-state index in [0.717, 1.165) is 0 Å². The Bertz CT molecular complexity index is 543. The first-order chi connectivity index (χ1) is 9.49. The van der Waals surface area contributed by atoms with Crippen LogP contribution in [0.15, 0.2) is 24.3 Å². The second-order valence-electron chi connectivity index (χ2n) is 4.37. The number of nitro groups is 1. The van der Waals surface area contributed by atoms with Crippen LogP contribution in [0.25, 0.3) is 0 Å². The molecule has 1 aromatic carbocycles. The molecule has 1 saturated heterocycles. The van der Waals surface area contributed by atoms with Crippen LogP contribution in [0.1, 0.15) is 12.8 Å². The molecule has 0 aliphatic carbocycles. The smallest absolute Gasteiger partial charge is 0.410 e. The predicted molar refractivity (Wildman–Crippen MR) is 68.0 cm³/mol. The maximum absolute atomic E-state index is 11.9. The zero-order chi connectivity index (χ0) is 14.7. The minimum absolute atomic E-state index is 0.0963. The highest BCUT2D eigenvalue weighted by Crippen LogP contribution is 2.21. The van der Waals surface area contributed by atoms with Gasteiger partial charge in [0.1, 0.15) is 11.8 Å². The highest BCUT2D eigenvalue weighted by molar-refractivity contribution is 5.85. The first-order valence-corrected chi connectivity index (χ1v) is 6.01. The Morgan fingerprint density at radius 1 is 1.35 bits per heavy atom. The van der Waals surface area contributed by atoms with Gasteiger partial charge in [-0.25, -0.2) is 4.79 Å². The van der Waals surface area contributed by atoms with Crippen molar-refractivity contribution >= 4 is 17.7 Å². The lowest BCUT2D eigenvalue weighted by Gasteiger charge is -2.21. The molecule has 0 radical (unpaired) electrons.